The lowest BCUT2D eigenvalue weighted by Gasteiger charge is -2.20. The highest BCUT2D eigenvalue weighted by Crippen LogP contribution is 2.30. The van der Waals surface area contributed by atoms with Crippen molar-refractivity contribution in [2.24, 2.45) is 0 Å². The molecule has 0 aliphatic heterocycles. The number of nitrogens with zero attached hydrogens (tertiary/aromatic N) is 3. The summed E-state index contributed by atoms with van der Waals surface area (Å²) < 4.78 is 0. The minimum Gasteiger partial charge on any atom is -0.481 e. The Kier molecular flexibility index (Phi) is 13.2. The van der Waals surface area contributed by atoms with E-state index >= 15 is 0 Å². The number of aliphatic carboxylic acids is 1. The molecule has 0 aliphatic rings. The standard InChI is InChI=1S/C25H36N4O3S/c1-2-3-4-5-6-7-8-9-10-11-12-16-22(33-18-17-23(30)31)24(32)20-14-13-15-21(19-20)25-26-28-29-27-25/h10-16,19,22,24,32H,2-9,17-18H2,1H3,(H,30,31)(H,26,27,28,29)/b11-10+,16-12+. The van der Waals surface area contributed by atoms with Crippen LogP contribution in [0.15, 0.2) is 48.6 Å². The number of rotatable bonds is 17. The van der Waals surface area contributed by atoms with Crippen molar-refractivity contribution < 1.29 is 15.0 Å². The lowest BCUT2D eigenvalue weighted by Crippen LogP contribution is -2.14. The third kappa shape index (κ3) is 10.8. The molecule has 0 saturated carbocycles. The number of aliphatic hydroxyl groups is 1. The Morgan fingerprint density at radius 2 is 1.94 bits per heavy atom. The van der Waals surface area contributed by atoms with Gasteiger partial charge in [-0.25, -0.2) is 0 Å². The van der Waals surface area contributed by atoms with Crippen LogP contribution < -0.4 is 0 Å². The number of tetrazole rings is 1. The number of carboxylic acid groups (broad SMARTS) is 1. The van der Waals surface area contributed by atoms with Crippen molar-refractivity contribution in [1.82, 2.24) is 20.6 Å². The largest absolute Gasteiger partial charge is 0.481 e. The molecular weight excluding hydrogens is 436 g/mol. The van der Waals surface area contributed by atoms with E-state index in [1.54, 1.807) is 0 Å². The molecule has 2 atom stereocenters. The highest BCUT2D eigenvalue weighted by atomic mass is 32.2. The Labute approximate surface area is 200 Å². The molecule has 0 radical (unpaired) electrons. The summed E-state index contributed by atoms with van der Waals surface area (Å²) >= 11 is 1.44. The lowest BCUT2D eigenvalue weighted by atomic mass is 10.0. The predicted octanol–water partition coefficient (Wildman–Crippen LogP) is 5.73. The molecule has 1 heterocycles. The SMILES string of the molecule is CCCCCCCCC/C=C/C=C/C(SCCC(=O)O)C(O)c1cccc(-c2nn[nH]n2)c1. The molecule has 1 aromatic heterocycles. The second-order valence-electron chi connectivity index (χ2n) is 8.01. The van der Waals surface area contributed by atoms with Crippen LogP contribution in [0.3, 0.4) is 0 Å². The normalized spacial score (nSPS) is 13.6. The minimum atomic E-state index is -0.839. The summed E-state index contributed by atoms with van der Waals surface area (Å²) in [6.07, 6.45) is 17.4. The maximum Gasteiger partial charge on any atom is 0.304 e. The summed E-state index contributed by atoms with van der Waals surface area (Å²) in [5.41, 5.74) is 1.48. The molecule has 3 N–H and O–H groups in total. The lowest BCUT2D eigenvalue weighted by molar-refractivity contribution is -0.136. The van der Waals surface area contributed by atoms with E-state index < -0.39 is 12.1 Å². The van der Waals surface area contributed by atoms with Crippen molar-refractivity contribution in [3.05, 3.63) is 54.1 Å². The molecule has 0 amide bonds. The zero-order valence-corrected chi connectivity index (χ0v) is 20.2. The van der Waals surface area contributed by atoms with E-state index in [2.05, 4.69) is 33.6 Å². The average Bonchev–Trinajstić information content (AvgIpc) is 3.36. The van der Waals surface area contributed by atoms with E-state index in [1.807, 2.05) is 42.5 Å². The van der Waals surface area contributed by atoms with Gasteiger partial charge in [0, 0.05) is 11.3 Å². The molecule has 2 unspecified atom stereocenters. The van der Waals surface area contributed by atoms with Gasteiger partial charge in [0.25, 0.3) is 0 Å². The number of aromatic nitrogens is 4. The Morgan fingerprint density at radius 3 is 2.67 bits per heavy atom. The second-order valence-corrected chi connectivity index (χ2v) is 9.29. The number of unbranched alkanes of at least 4 members (excludes halogenated alkanes) is 7. The van der Waals surface area contributed by atoms with E-state index in [-0.39, 0.29) is 11.7 Å². The number of benzene rings is 1. The molecule has 180 valence electrons. The van der Waals surface area contributed by atoms with Crippen molar-refractivity contribution in [3.8, 4) is 11.4 Å². The van der Waals surface area contributed by atoms with Gasteiger partial charge >= 0.3 is 5.97 Å². The average molecular weight is 473 g/mol. The van der Waals surface area contributed by atoms with Crippen molar-refractivity contribution in [2.45, 2.75) is 76.1 Å². The number of aliphatic hydroxyl groups excluding tert-OH is 1. The third-order valence-electron chi connectivity index (χ3n) is 5.29. The highest BCUT2D eigenvalue weighted by molar-refractivity contribution is 8.00. The number of carboxylic acids is 1. The van der Waals surface area contributed by atoms with Gasteiger partial charge in [-0.3, -0.25) is 4.79 Å². The molecule has 1 aromatic carbocycles. The molecule has 0 saturated heterocycles. The van der Waals surface area contributed by atoms with Crippen molar-refractivity contribution in [1.29, 1.82) is 0 Å². The fraction of sp³-hybridized carbons (Fsp3) is 0.520. The minimum absolute atomic E-state index is 0.0543. The van der Waals surface area contributed by atoms with Crippen LogP contribution in [0.2, 0.25) is 0 Å². The number of allylic oxidation sites excluding steroid dienone is 3. The van der Waals surface area contributed by atoms with Crippen molar-refractivity contribution >= 4 is 17.7 Å². The maximum atomic E-state index is 11.0. The zero-order valence-electron chi connectivity index (χ0n) is 19.4. The number of hydrogen-bond acceptors (Lipinski definition) is 6. The fourth-order valence-electron chi connectivity index (χ4n) is 3.44. The van der Waals surface area contributed by atoms with Crippen LogP contribution in [0.5, 0.6) is 0 Å². The monoisotopic (exact) mass is 472 g/mol. The van der Waals surface area contributed by atoms with E-state index in [0.29, 0.717) is 11.6 Å². The van der Waals surface area contributed by atoms with Crippen LogP contribution in [0.25, 0.3) is 11.4 Å². The van der Waals surface area contributed by atoms with Crippen molar-refractivity contribution in [2.75, 3.05) is 5.75 Å². The molecule has 33 heavy (non-hydrogen) atoms. The summed E-state index contributed by atoms with van der Waals surface area (Å²) in [7, 11) is 0. The molecule has 2 aromatic rings. The van der Waals surface area contributed by atoms with Gasteiger partial charge in [-0.1, -0.05) is 88.0 Å². The van der Waals surface area contributed by atoms with Crippen LogP contribution in [-0.4, -0.2) is 47.8 Å². The van der Waals surface area contributed by atoms with Gasteiger partial charge in [-0.2, -0.15) is 17.0 Å². The van der Waals surface area contributed by atoms with Crippen LogP contribution in [0.1, 0.15) is 76.4 Å². The number of thioether (sulfide) groups is 1. The molecule has 0 fully saturated rings. The van der Waals surface area contributed by atoms with Gasteiger partial charge in [0.1, 0.15) is 0 Å². The molecule has 0 aliphatic carbocycles. The summed E-state index contributed by atoms with van der Waals surface area (Å²) in [5.74, 6) is 0.0459. The predicted molar refractivity (Wildman–Crippen MR) is 134 cm³/mol. The Morgan fingerprint density at radius 1 is 1.15 bits per heavy atom. The highest BCUT2D eigenvalue weighted by Gasteiger charge is 2.20. The van der Waals surface area contributed by atoms with Crippen LogP contribution >= 0.6 is 11.8 Å². The molecular formula is C25H36N4O3S. The number of aromatic amines is 1. The van der Waals surface area contributed by atoms with E-state index in [4.69, 9.17) is 5.11 Å². The smallest absolute Gasteiger partial charge is 0.304 e. The van der Waals surface area contributed by atoms with E-state index in [1.165, 1.54) is 56.7 Å². The molecule has 7 nitrogen and oxygen atoms in total. The quantitative estimate of drug-likeness (QED) is 0.199. The van der Waals surface area contributed by atoms with Gasteiger partial charge in [0.2, 0.25) is 5.82 Å². The molecule has 8 heteroatoms. The number of H-pyrrole nitrogens is 1. The summed E-state index contributed by atoms with van der Waals surface area (Å²) in [6.45, 7) is 2.24. The number of hydrogen-bond donors (Lipinski definition) is 3. The first-order valence-electron chi connectivity index (χ1n) is 11.8. The Bertz CT molecular complexity index is 855. The van der Waals surface area contributed by atoms with Gasteiger partial charge in [0.05, 0.1) is 17.8 Å². The topological polar surface area (TPSA) is 112 Å². The van der Waals surface area contributed by atoms with Gasteiger partial charge in [0.15, 0.2) is 0 Å². The van der Waals surface area contributed by atoms with E-state index in [0.717, 1.165) is 17.5 Å². The van der Waals surface area contributed by atoms with Gasteiger partial charge in [-0.05, 0) is 29.7 Å². The molecule has 2 rings (SSSR count). The first kappa shape index (κ1) is 26.8. The van der Waals surface area contributed by atoms with Crippen LogP contribution in [0.4, 0.5) is 0 Å². The van der Waals surface area contributed by atoms with E-state index in [9.17, 15) is 9.90 Å². The summed E-state index contributed by atoms with van der Waals surface area (Å²) in [4.78, 5) is 10.9. The van der Waals surface area contributed by atoms with Gasteiger partial charge in [-0.15, -0.1) is 10.2 Å². The zero-order chi connectivity index (χ0) is 23.7. The van der Waals surface area contributed by atoms with Crippen molar-refractivity contribution in [3.63, 3.8) is 0 Å². The number of nitrogens with one attached hydrogen (secondary N) is 1. The maximum absolute atomic E-state index is 11.0. The third-order valence-corrected chi connectivity index (χ3v) is 6.53. The first-order valence-corrected chi connectivity index (χ1v) is 12.8. The fourth-order valence-corrected chi connectivity index (χ4v) is 4.54. The van der Waals surface area contributed by atoms with Crippen LogP contribution in [0, 0.1) is 0 Å². The second kappa shape index (κ2) is 16.2. The number of carbonyl (C=O) groups is 1. The Hall–Kier alpha value is -2.45. The van der Waals surface area contributed by atoms with Crippen LogP contribution in [-0.2, 0) is 4.79 Å². The summed E-state index contributed by atoms with van der Waals surface area (Å²) in [5, 5.41) is 33.7. The first-order chi connectivity index (χ1) is 16.1. The summed E-state index contributed by atoms with van der Waals surface area (Å²) in [6, 6.07) is 7.39. The van der Waals surface area contributed by atoms with Gasteiger partial charge < -0.3 is 10.2 Å². The molecule has 0 bridgehead atoms. The molecule has 0 spiro atoms. The Balaban J connectivity index is 1.91.